The minimum atomic E-state index is -0.352. The van der Waals surface area contributed by atoms with Crippen LogP contribution in [0.15, 0.2) is 47.7 Å². The first-order valence-electron chi connectivity index (χ1n) is 10.7. The van der Waals surface area contributed by atoms with Crippen LogP contribution in [0.5, 0.6) is 0 Å². The largest absolute Gasteiger partial charge is 0.370 e. The lowest BCUT2D eigenvalue weighted by atomic mass is 10.0. The average molecular weight is 406 g/mol. The third-order valence-electron chi connectivity index (χ3n) is 6.34. The van der Waals surface area contributed by atoms with Gasteiger partial charge in [-0.2, -0.15) is 5.10 Å². The zero-order valence-electron chi connectivity index (χ0n) is 17.1. The van der Waals surface area contributed by atoms with Gasteiger partial charge in [-0.25, -0.2) is 9.67 Å². The highest BCUT2D eigenvalue weighted by Gasteiger charge is 2.30. The molecular formula is C22H26N6O2. The summed E-state index contributed by atoms with van der Waals surface area (Å²) in [7, 11) is 0. The standard InChI is InChI=1S/C22H26N6O2/c1-16(27-15-23-19-7-2-3-8-20(19)27)22(30)26-9-4-6-17(14-26)28-21(29)12-18(13-24-28)25-10-5-11-25/h2-3,7-8,12-13,15-17H,4-6,9-11,14H2,1H3/t16-,17+/m0/s1. The molecule has 2 fully saturated rings. The molecule has 0 aliphatic carbocycles. The SMILES string of the molecule is C[C@@H](C(=O)N1CCC[C@@H](n2ncc(N3CCC3)cc2=O)C1)n1cnc2ccccc21. The average Bonchev–Trinajstić information content (AvgIpc) is 3.16. The van der Waals surface area contributed by atoms with Gasteiger partial charge in [0.25, 0.3) is 5.56 Å². The Morgan fingerprint density at radius 3 is 2.77 bits per heavy atom. The topological polar surface area (TPSA) is 76.3 Å². The lowest BCUT2D eigenvalue weighted by molar-refractivity contribution is -0.136. The van der Waals surface area contributed by atoms with Crippen LogP contribution in [0.25, 0.3) is 11.0 Å². The van der Waals surface area contributed by atoms with Gasteiger partial charge in [-0.3, -0.25) is 9.59 Å². The molecule has 2 saturated heterocycles. The zero-order valence-corrected chi connectivity index (χ0v) is 17.1. The molecular weight excluding hydrogens is 380 g/mol. The summed E-state index contributed by atoms with van der Waals surface area (Å²) >= 11 is 0. The van der Waals surface area contributed by atoms with E-state index in [1.165, 1.54) is 0 Å². The summed E-state index contributed by atoms with van der Waals surface area (Å²) in [4.78, 5) is 34.4. The minimum absolute atomic E-state index is 0.0492. The number of nitrogens with zero attached hydrogens (tertiary/aromatic N) is 6. The summed E-state index contributed by atoms with van der Waals surface area (Å²) in [5.74, 6) is 0.0492. The first-order valence-corrected chi connectivity index (χ1v) is 10.7. The van der Waals surface area contributed by atoms with E-state index in [9.17, 15) is 9.59 Å². The zero-order chi connectivity index (χ0) is 20.7. The minimum Gasteiger partial charge on any atom is -0.370 e. The molecule has 4 heterocycles. The van der Waals surface area contributed by atoms with Gasteiger partial charge in [0.2, 0.25) is 5.91 Å². The Labute approximate surface area is 174 Å². The van der Waals surface area contributed by atoms with E-state index in [0.717, 1.165) is 49.1 Å². The van der Waals surface area contributed by atoms with Crippen molar-refractivity contribution in [1.82, 2.24) is 24.2 Å². The summed E-state index contributed by atoms with van der Waals surface area (Å²) in [6.45, 7) is 5.08. The Morgan fingerprint density at radius 1 is 1.17 bits per heavy atom. The third-order valence-corrected chi connectivity index (χ3v) is 6.34. The van der Waals surface area contributed by atoms with E-state index < -0.39 is 0 Å². The number of likely N-dealkylation sites (tertiary alicyclic amines) is 1. The predicted octanol–water partition coefficient (Wildman–Crippen LogP) is 2.23. The van der Waals surface area contributed by atoms with Crippen molar-refractivity contribution < 1.29 is 4.79 Å². The molecule has 0 bridgehead atoms. The fraction of sp³-hybridized carbons (Fsp3) is 0.455. The summed E-state index contributed by atoms with van der Waals surface area (Å²) in [5, 5.41) is 4.44. The molecule has 2 atom stereocenters. The normalized spacial score (nSPS) is 20.2. The molecule has 0 unspecified atom stereocenters. The maximum atomic E-state index is 13.3. The second kappa shape index (κ2) is 7.59. The lowest BCUT2D eigenvalue weighted by Crippen LogP contribution is -2.46. The Bertz CT molecular complexity index is 1130. The van der Waals surface area contributed by atoms with Crippen molar-refractivity contribution >= 4 is 22.6 Å². The second-order valence-electron chi connectivity index (χ2n) is 8.23. The van der Waals surface area contributed by atoms with Gasteiger partial charge in [0.05, 0.1) is 35.3 Å². The van der Waals surface area contributed by atoms with Gasteiger partial charge in [-0.15, -0.1) is 0 Å². The van der Waals surface area contributed by atoms with E-state index in [-0.39, 0.29) is 23.6 Å². The van der Waals surface area contributed by atoms with Crippen LogP contribution < -0.4 is 10.5 Å². The second-order valence-corrected chi connectivity index (χ2v) is 8.23. The molecule has 30 heavy (non-hydrogen) atoms. The maximum Gasteiger partial charge on any atom is 0.269 e. The number of piperidine rings is 1. The van der Waals surface area contributed by atoms with Crippen LogP contribution in [-0.2, 0) is 4.79 Å². The van der Waals surface area contributed by atoms with Crippen molar-refractivity contribution in [3.05, 3.63) is 53.2 Å². The molecule has 2 aliphatic rings. The summed E-state index contributed by atoms with van der Waals surface area (Å²) < 4.78 is 3.48. The number of benzene rings is 1. The van der Waals surface area contributed by atoms with E-state index in [1.54, 1.807) is 23.3 Å². The highest BCUT2D eigenvalue weighted by atomic mass is 16.2. The number of hydrogen-bond acceptors (Lipinski definition) is 5. The van der Waals surface area contributed by atoms with Crippen LogP contribution in [0.2, 0.25) is 0 Å². The smallest absolute Gasteiger partial charge is 0.269 e. The van der Waals surface area contributed by atoms with Gasteiger partial charge in [0.15, 0.2) is 0 Å². The van der Waals surface area contributed by atoms with Crippen molar-refractivity contribution in [2.45, 2.75) is 38.3 Å². The van der Waals surface area contributed by atoms with Crippen LogP contribution in [-0.4, -0.2) is 56.3 Å². The van der Waals surface area contributed by atoms with Gasteiger partial charge in [0, 0.05) is 32.2 Å². The molecule has 8 nitrogen and oxygen atoms in total. The van der Waals surface area contributed by atoms with Crippen molar-refractivity contribution in [3.63, 3.8) is 0 Å². The predicted molar refractivity (Wildman–Crippen MR) is 115 cm³/mol. The van der Waals surface area contributed by atoms with Crippen LogP contribution in [0.4, 0.5) is 5.69 Å². The Hall–Kier alpha value is -3.16. The van der Waals surface area contributed by atoms with Gasteiger partial charge < -0.3 is 14.4 Å². The van der Waals surface area contributed by atoms with Crippen LogP contribution in [0.1, 0.15) is 38.3 Å². The fourth-order valence-corrected chi connectivity index (χ4v) is 4.45. The monoisotopic (exact) mass is 406 g/mol. The maximum absolute atomic E-state index is 13.3. The molecule has 1 amide bonds. The van der Waals surface area contributed by atoms with Gasteiger partial charge in [0.1, 0.15) is 6.04 Å². The lowest BCUT2D eigenvalue weighted by Gasteiger charge is -2.35. The first kappa shape index (κ1) is 18.8. The highest BCUT2D eigenvalue weighted by Crippen LogP contribution is 2.25. The Balaban J connectivity index is 1.33. The molecule has 0 radical (unpaired) electrons. The van der Waals surface area contributed by atoms with E-state index in [2.05, 4.69) is 15.0 Å². The number of rotatable bonds is 4. The Morgan fingerprint density at radius 2 is 2.00 bits per heavy atom. The van der Waals surface area contributed by atoms with Gasteiger partial charge >= 0.3 is 0 Å². The fourth-order valence-electron chi connectivity index (χ4n) is 4.45. The highest BCUT2D eigenvalue weighted by molar-refractivity contribution is 5.83. The third kappa shape index (κ3) is 3.26. The van der Waals surface area contributed by atoms with E-state index >= 15 is 0 Å². The number of imidazole rings is 1. The van der Waals surface area contributed by atoms with Crippen LogP contribution in [0.3, 0.4) is 0 Å². The first-order chi connectivity index (χ1) is 14.6. The van der Waals surface area contributed by atoms with Crippen LogP contribution in [0, 0.1) is 0 Å². The van der Waals surface area contributed by atoms with E-state index in [4.69, 9.17) is 0 Å². The number of carbonyl (C=O) groups is 1. The molecule has 2 aliphatic heterocycles. The van der Waals surface area contributed by atoms with Crippen molar-refractivity contribution in [1.29, 1.82) is 0 Å². The number of amides is 1. The van der Waals surface area contributed by atoms with Crippen molar-refractivity contribution in [2.24, 2.45) is 0 Å². The molecule has 8 heteroatoms. The van der Waals surface area contributed by atoms with Gasteiger partial charge in [-0.05, 0) is 38.3 Å². The summed E-state index contributed by atoms with van der Waals surface area (Å²) in [5.41, 5.74) is 2.64. The molecule has 2 aromatic heterocycles. The number of para-hydroxylation sites is 2. The quantitative estimate of drug-likeness (QED) is 0.664. The summed E-state index contributed by atoms with van der Waals surface area (Å²) in [6, 6.07) is 9.06. The number of fused-ring (bicyclic) bond motifs is 1. The van der Waals surface area contributed by atoms with Crippen molar-refractivity contribution in [3.8, 4) is 0 Å². The Kier molecular flexibility index (Phi) is 4.77. The van der Waals surface area contributed by atoms with E-state index in [1.807, 2.05) is 40.7 Å². The number of anilines is 1. The molecule has 156 valence electrons. The molecule has 0 saturated carbocycles. The molecule has 5 rings (SSSR count). The molecule has 3 aromatic rings. The number of hydrogen-bond donors (Lipinski definition) is 0. The van der Waals surface area contributed by atoms with Crippen molar-refractivity contribution in [2.75, 3.05) is 31.1 Å². The van der Waals surface area contributed by atoms with Crippen LogP contribution >= 0.6 is 0 Å². The number of carbonyl (C=O) groups excluding carboxylic acids is 1. The number of aromatic nitrogens is 4. The molecule has 0 spiro atoms. The summed E-state index contributed by atoms with van der Waals surface area (Å²) in [6.07, 6.45) is 6.38. The molecule has 1 aromatic carbocycles. The van der Waals surface area contributed by atoms with E-state index in [0.29, 0.717) is 13.1 Å². The van der Waals surface area contributed by atoms with Gasteiger partial charge in [-0.1, -0.05) is 12.1 Å². The molecule has 0 N–H and O–H groups in total.